The topological polar surface area (TPSA) is 61.1 Å². The highest BCUT2D eigenvalue weighted by molar-refractivity contribution is 9.10. The third kappa shape index (κ3) is 2.30. The molecule has 0 aliphatic heterocycles. The van der Waals surface area contributed by atoms with E-state index in [4.69, 9.17) is 10.4 Å². The molecule has 0 aliphatic rings. The summed E-state index contributed by atoms with van der Waals surface area (Å²) in [5.74, 6) is -1.33. The molecule has 0 amide bonds. The average molecular weight is 276 g/mol. The predicted molar refractivity (Wildman–Crippen MR) is 50.8 cm³/mol. The Labute approximate surface area is 92.1 Å². The van der Waals surface area contributed by atoms with Gasteiger partial charge in [-0.05, 0) is 12.1 Å². The lowest BCUT2D eigenvalue weighted by atomic mass is 10.1. The minimum atomic E-state index is -2.76. The number of aromatic carboxylic acids is 1. The van der Waals surface area contributed by atoms with Crippen LogP contribution in [0.5, 0.6) is 0 Å². The van der Waals surface area contributed by atoms with Crippen LogP contribution in [-0.4, -0.2) is 11.1 Å². The Balaban J connectivity index is 3.44. The van der Waals surface area contributed by atoms with E-state index < -0.39 is 18.0 Å². The highest BCUT2D eigenvalue weighted by atomic mass is 79.9. The number of alkyl halides is 2. The standard InChI is InChI=1S/C9H4BrF2NO2/c10-7-2-5(9(14)15)4(3-13)1-6(7)8(11)12/h1-2,8H,(H,14,15). The first-order chi connectivity index (χ1) is 6.97. The molecule has 0 unspecified atom stereocenters. The van der Waals surface area contributed by atoms with Gasteiger partial charge < -0.3 is 5.11 Å². The minimum absolute atomic E-state index is 0.0195. The molecule has 0 fully saturated rings. The van der Waals surface area contributed by atoms with Crippen molar-refractivity contribution < 1.29 is 18.7 Å². The van der Waals surface area contributed by atoms with Crippen LogP contribution >= 0.6 is 15.9 Å². The maximum atomic E-state index is 12.4. The number of hydrogen-bond donors (Lipinski definition) is 1. The van der Waals surface area contributed by atoms with Gasteiger partial charge in [0, 0.05) is 10.0 Å². The van der Waals surface area contributed by atoms with E-state index in [1.54, 1.807) is 6.07 Å². The second-order valence-electron chi connectivity index (χ2n) is 2.64. The van der Waals surface area contributed by atoms with Crippen molar-refractivity contribution in [1.29, 1.82) is 5.26 Å². The molecule has 3 nitrogen and oxygen atoms in total. The Morgan fingerprint density at radius 3 is 2.53 bits per heavy atom. The van der Waals surface area contributed by atoms with Crippen molar-refractivity contribution in [2.75, 3.05) is 0 Å². The monoisotopic (exact) mass is 275 g/mol. The van der Waals surface area contributed by atoms with Crippen LogP contribution in [-0.2, 0) is 0 Å². The summed E-state index contributed by atoms with van der Waals surface area (Å²) in [6.45, 7) is 0. The molecule has 6 heteroatoms. The van der Waals surface area contributed by atoms with Crippen molar-refractivity contribution >= 4 is 21.9 Å². The normalized spacial score (nSPS) is 10.1. The minimum Gasteiger partial charge on any atom is -0.478 e. The molecule has 1 rings (SSSR count). The maximum absolute atomic E-state index is 12.4. The van der Waals surface area contributed by atoms with Gasteiger partial charge in [0.2, 0.25) is 0 Å². The predicted octanol–water partition coefficient (Wildman–Crippen LogP) is 2.96. The summed E-state index contributed by atoms with van der Waals surface area (Å²) >= 11 is 2.83. The maximum Gasteiger partial charge on any atom is 0.337 e. The highest BCUT2D eigenvalue weighted by Gasteiger charge is 2.18. The first-order valence-electron chi connectivity index (χ1n) is 3.72. The van der Waals surface area contributed by atoms with Crippen molar-refractivity contribution in [2.45, 2.75) is 6.43 Å². The van der Waals surface area contributed by atoms with Crippen LogP contribution < -0.4 is 0 Å². The largest absolute Gasteiger partial charge is 0.478 e. The van der Waals surface area contributed by atoms with Crippen LogP contribution in [0.3, 0.4) is 0 Å². The van der Waals surface area contributed by atoms with Crippen LogP contribution in [0.1, 0.15) is 27.9 Å². The van der Waals surface area contributed by atoms with Gasteiger partial charge in [0.05, 0.1) is 11.1 Å². The van der Waals surface area contributed by atoms with Crippen LogP contribution in [0.4, 0.5) is 8.78 Å². The number of carboxylic acids is 1. The van der Waals surface area contributed by atoms with Gasteiger partial charge in [-0.25, -0.2) is 13.6 Å². The quantitative estimate of drug-likeness (QED) is 0.903. The molecule has 1 aromatic rings. The number of halogens is 3. The van der Waals surface area contributed by atoms with Crippen molar-refractivity contribution in [2.24, 2.45) is 0 Å². The summed E-state index contributed by atoms with van der Waals surface area (Å²) in [5.41, 5.74) is -0.966. The molecular weight excluding hydrogens is 272 g/mol. The fourth-order valence-electron chi connectivity index (χ4n) is 1.03. The lowest BCUT2D eigenvalue weighted by Gasteiger charge is -2.06. The molecule has 0 aliphatic carbocycles. The van der Waals surface area contributed by atoms with E-state index in [1.165, 1.54) is 0 Å². The second kappa shape index (κ2) is 4.36. The summed E-state index contributed by atoms with van der Waals surface area (Å²) in [5, 5.41) is 17.3. The van der Waals surface area contributed by atoms with Gasteiger partial charge >= 0.3 is 5.97 Å². The van der Waals surface area contributed by atoms with Gasteiger partial charge in [0.1, 0.15) is 6.07 Å². The summed E-state index contributed by atoms with van der Waals surface area (Å²) < 4.78 is 24.8. The van der Waals surface area contributed by atoms with E-state index in [0.717, 1.165) is 12.1 Å². The molecular formula is C9H4BrF2NO2. The van der Waals surface area contributed by atoms with E-state index >= 15 is 0 Å². The second-order valence-corrected chi connectivity index (χ2v) is 3.49. The molecule has 0 radical (unpaired) electrons. The number of benzene rings is 1. The third-order valence-electron chi connectivity index (χ3n) is 1.72. The summed E-state index contributed by atoms with van der Waals surface area (Å²) in [7, 11) is 0. The van der Waals surface area contributed by atoms with Crippen molar-refractivity contribution in [3.8, 4) is 6.07 Å². The Hall–Kier alpha value is -1.48. The van der Waals surface area contributed by atoms with Crippen LogP contribution in [0.15, 0.2) is 16.6 Å². The smallest absolute Gasteiger partial charge is 0.337 e. The Morgan fingerprint density at radius 1 is 1.53 bits per heavy atom. The fraction of sp³-hybridized carbons (Fsp3) is 0.111. The lowest BCUT2D eigenvalue weighted by Crippen LogP contribution is -2.02. The first-order valence-corrected chi connectivity index (χ1v) is 4.51. The molecule has 78 valence electrons. The Morgan fingerprint density at radius 2 is 2.13 bits per heavy atom. The number of nitriles is 1. The van der Waals surface area contributed by atoms with E-state index in [2.05, 4.69) is 15.9 Å². The zero-order valence-electron chi connectivity index (χ0n) is 7.17. The van der Waals surface area contributed by atoms with Gasteiger partial charge in [-0.15, -0.1) is 0 Å². The summed E-state index contributed by atoms with van der Waals surface area (Å²) in [6, 6.07) is 3.44. The van der Waals surface area contributed by atoms with Gasteiger partial charge in [0.15, 0.2) is 0 Å². The molecule has 0 aromatic heterocycles. The number of carbonyl (C=O) groups is 1. The van der Waals surface area contributed by atoms with Crippen molar-refractivity contribution in [1.82, 2.24) is 0 Å². The molecule has 0 bridgehead atoms. The molecule has 1 N–H and O–H groups in total. The van der Waals surface area contributed by atoms with E-state index in [9.17, 15) is 13.6 Å². The van der Waals surface area contributed by atoms with Gasteiger partial charge in [-0.2, -0.15) is 5.26 Å². The number of rotatable bonds is 2. The van der Waals surface area contributed by atoms with Crippen molar-refractivity contribution in [3.05, 3.63) is 33.3 Å². The van der Waals surface area contributed by atoms with Gasteiger partial charge in [-0.1, -0.05) is 15.9 Å². The highest BCUT2D eigenvalue weighted by Crippen LogP contribution is 2.30. The van der Waals surface area contributed by atoms with Crippen LogP contribution in [0.2, 0.25) is 0 Å². The van der Waals surface area contributed by atoms with Gasteiger partial charge in [-0.3, -0.25) is 0 Å². The third-order valence-corrected chi connectivity index (χ3v) is 2.41. The fourth-order valence-corrected chi connectivity index (χ4v) is 1.54. The molecule has 0 saturated carbocycles. The number of carboxylic acid groups (broad SMARTS) is 1. The van der Waals surface area contributed by atoms with Crippen LogP contribution in [0.25, 0.3) is 0 Å². The summed E-state index contributed by atoms with van der Waals surface area (Å²) in [4.78, 5) is 10.7. The first kappa shape index (κ1) is 11.6. The average Bonchev–Trinajstić information content (AvgIpc) is 2.16. The molecule has 0 saturated heterocycles. The number of hydrogen-bond acceptors (Lipinski definition) is 2. The van der Waals surface area contributed by atoms with Crippen molar-refractivity contribution in [3.63, 3.8) is 0 Å². The molecule has 0 heterocycles. The molecule has 15 heavy (non-hydrogen) atoms. The molecule has 0 spiro atoms. The Kier molecular flexibility index (Phi) is 3.37. The van der Waals surface area contributed by atoms with E-state index in [-0.39, 0.29) is 15.6 Å². The lowest BCUT2D eigenvalue weighted by molar-refractivity contribution is 0.0696. The number of nitrogens with zero attached hydrogens (tertiary/aromatic N) is 1. The zero-order valence-corrected chi connectivity index (χ0v) is 8.75. The van der Waals surface area contributed by atoms with E-state index in [0.29, 0.717) is 0 Å². The Bertz CT molecular complexity index is 454. The summed E-state index contributed by atoms with van der Waals surface area (Å²) in [6.07, 6.45) is -2.76. The van der Waals surface area contributed by atoms with Gasteiger partial charge in [0.25, 0.3) is 6.43 Å². The molecule has 0 atom stereocenters. The SMILES string of the molecule is N#Cc1cc(C(F)F)c(Br)cc1C(=O)O. The van der Waals surface area contributed by atoms with E-state index in [1.807, 2.05) is 0 Å². The molecule has 1 aromatic carbocycles. The zero-order chi connectivity index (χ0) is 11.6. The van der Waals surface area contributed by atoms with Crippen LogP contribution in [0, 0.1) is 11.3 Å².